The predicted molar refractivity (Wildman–Crippen MR) is 104 cm³/mol. The quantitative estimate of drug-likeness (QED) is 0.809. The molecule has 3 rings (SSSR count). The molecule has 0 spiro atoms. The molecule has 0 saturated carbocycles. The summed E-state index contributed by atoms with van der Waals surface area (Å²) in [4.78, 5) is 24.9. The average molecular weight is 367 g/mol. The number of hydrogen-bond donors (Lipinski definition) is 1. The first-order valence-electron chi connectivity index (χ1n) is 9.26. The molecular formula is C22H25NO4. The number of esters is 1. The fourth-order valence-corrected chi connectivity index (χ4v) is 3.30. The molecule has 0 aromatic heterocycles. The van der Waals surface area contributed by atoms with Crippen LogP contribution in [0.25, 0.3) is 0 Å². The average Bonchev–Trinajstić information content (AvgIpc) is 2.67. The first-order valence-corrected chi connectivity index (χ1v) is 9.26. The van der Waals surface area contributed by atoms with E-state index < -0.39 is 18.0 Å². The number of benzene rings is 2. The van der Waals surface area contributed by atoms with Gasteiger partial charge in [0, 0.05) is 0 Å². The van der Waals surface area contributed by atoms with Crippen molar-refractivity contribution in [2.75, 3.05) is 12.4 Å². The van der Waals surface area contributed by atoms with E-state index in [9.17, 15) is 9.59 Å². The first kappa shape index (κ1) is 19.0. The Bertz CT molecular complexity index is 859. The Morgan fingerprint density at radius 3 is 2.52 bits per heavy atom. The van der Waals surface area contributed by atoms with Gasteiger partial charge in [-0.1, -0.05) is 12.1 Å². The Morgan fingerprint density at radius 2 is 1.78 bits per heavy atom. The Morgan fingerprint density at radius 1 is 1.04 bits per heavy atom. The fourth-order valence-electron chi connectivity index (χ4n) is 3.30. The summed E-state index contributed by atoms with van der Waals surface area (Å²) in [6, 6.07) is 11.2. The van der Waals surface area contributed by atoms with Crippen molar-refractivity contribution in [3.8, 4) is 5.75 Å². The largest absolute Gasteiger partial charge is 0.495 e. The topological polar surface area (TPSA) is 64.6 Å². The van der Waals surface area contributed by atoms with Crippen LogP contribution in [0.5, 0.6) is 5.75 Å². The van der Waals surface area contributed by atoms with Crippen LogP contribution in [0, 0.1) is 6.92 Å². The minimum Gasteiger partial charge on any atom is -0.495 e. The van der Waals surface area contributed by atoms with Crippen LogP contribution < -0.4 is 10.1 Å². The Labute approximate surface area is 159 Å². The molecule has 5 nitrogen and oxygen atoms in total. The standard InChI is InChI=1S/C22H25NO4/c1-14-8-11-20(26-3)19(12-14)23-21(24)15(2)27-22(25)18-10-9-16-6-4-5-7-17(16)13-18/h8-13,15H,4-7H2,1-3H3,(H,23,24)/t15-/m0/s1. The molecule has 0 radical (unpaired) electrons. The summed E-state index contributed by atoms with van der Waals surface area (Å²) in [7, 11) is 1.54. The summed E-state index contributed by atoms with van der Waals surface area (Å²) in [5.41, 5.74) is 4.54. The summed E-state index contributed by atoms with van der Waals surface area (Å²) in [5, 5.41) is 2.77. The minimum atomic E-state index is -0.918. The van der Waals surface area contributed by atoms with Crippen LogP contribution in [0.4, 0.5) is 5.69 Å². The number of hydrogen-bond acceptors (Lipinski definition) is 4. The lowest BCUT2D eigenvalue weighted by molar-refractivity contribution is -0.123. The first-order chi connectivity index (χ1) is 13.0. The molecule has 27 heavy (non-hydrogen) atoms. The van der Waals surface area contributed by atoms with Gasteiger partial charge in [0.25, 0.3) is 5.91 Å². The van der Waals surface area contributed by atoms with Gasteiger partial charge in [-0.15, -0.1) is 0 Å². The van der Waals surface area contributed by atoms with Crippen molar-refractivity contribution in [3.63, 3.8) is 0 Å². The highest BCUT2D eigenvalue weighted by molar-refractivity contribution is 5.98. The van der Waals surface area contributed by atoms with Crippen molar-refractivity contribution in [1.82, 2.24) is 0 Å². The van der Waals surface area contributed by atoms with Crippen molar-refractivity contribution in [2.24, 2.45) is 0 Å². The van der Waals surface area contributed by atoms with Crippen LogP contribution >= 0.6 is 0 Å². The van der Waals surface area contributed by atoms with Crippen LogP contribution in [0.1, 0.15) is 46.8 Å². The van der Waals surface area contributed by atoms with Crippen molar-refractivity contribution >= 4 is 17.6 Å². The zero-order chi connectivity index (χ0) is 19.4. The summed E-state index contributed by atoms with van der Waals surface area (Å²) < 4.78 is 10.6. The highest BCUT2D eigenvalue weighted by atomic mass is 16.5. The molecular weight excluding hydrogens is 342 g/mol. The van der Waals surface area contributed by atoms with Gasteiger partial charge in [-0.2, -0.15) is 0 Å². The SMILES string of the molecule is COc1ccc(C)cc1NC(=O)[C@H](C)OC(=O)c1ccc2c(c1)CCCC2. The fraction of sp³-hybridized carbons (Fsp3) is 0.364. The van der Waals surface area contributed by atoms with Crippen LogP contribution in [0.15, 0.2) is 36.4 Å². The number of fused-ring (bicyclic) bond motifs is 1. The lowest BCUT2D eigenvalue weighted by Crippen LogP contribution is -2.30. The molecule has 1 amide bonds. The number of rotatable bonds is 5. The number of anilines is 1. The molecule has 0 fully saturated rings. The van der Waals surface area contributed by atoms with Gasteiger partial charge in [-0.05, 0) is 80.5 Å². The second kappa shape index (κ2) is 8.25. The Hall–Kier alpha value is -2.82. The molecule has 0 bridgehead atoms. The third kappa shape index (κ3) is 4.48. The van der Waals surface area contributed by atoms with E-state index in [1.165, 1.54) is 17.5 Å². The maximum Gasteiger partial charge on any atom is 0.338 e. The van der Waals surface area contributed by atoms with Gasteiger partial charge in [0.1, 0.15) is 5.75 Å². The van der Waals surface area contributed by atoms with Crippen molar-refractivity contribution in [3.05, 3.63) is 58.7 Å². The van der Waals surface area contributed by atoms with Crippen molar-refractivity contribution in [1.29, 1.82) is 0 Å². The number of amides is 1. The van der Waals surface area contributed by atoms with E-state index in [0.717, 1.165) is 24.8 Å². The number of methoxy groups -OCH3 is 1. The van der Waals surface area contributed by atoms with Crippen LogP contribution in [0.2, 0.25) is 0 Å². The molecule has 2 aromatic carbocycles. The van der Waals surface area contributed by atoms with Gasteiger partial charge in [0.2, 0.25) is 0 Å². The molecule has 0 aliphatic heterocycles. The van der Waals surface area contributed by atoms with E-state index in [4.69, 9.17) is 9.47 Å². The number of carbonyl (C=O) groups excluding carboxylic acids is 2. The van der Waals surface area contributed by atoms with Crippen LogP contribution in [-0.4, -0.2) is 25.1 Å². The molecule has 1 atom stereocenters. The maximum absolute atomic E-state index is 12.4. The predicted octanol–water partition coefficient (Wildman–Crippen LogP) is 4.07. The molecule has 1 N–H and O–H groups in total. The van der Waals surface area contributed by atoms with E-state index in [2.05, 4.69) is 5.32 Å². The van der Waals surface area contributed by atoms with E-state index in [-0.39, 0.29) is 0 Å². The third-order valence-corrected chi connectivity index (χ3v) is 4.85. The van der Waals surface area contributed by atoms with E-state index in [1.54, 1.807) is 26.2 Å². The van der Waals surface area contributed by atoms with Gasteiger partial charge in [-0.25, -0.2) is 4.79 Å². The summed E-state index contributed by atoms with van der Waals surface area (Å²) in [6.45, 7) is 3.49. The second-order valence-corrected chi connectivity index (χ2v) is 6.93. The molecule has 1 aliphatic carbocycles. The number of nitrogens with one attached hydrogen (secondary N) is 1. The molecule has 1 aliphatic rings. The maximum atomic E-state index is 12.4. The van der Waals surface area contributed by atoms with Gasteiger partial charge >= 0.3 is 5.97 Å². The van der Waals surface area contributed by atoms with Gasteiger partial charge < -0.3 is 14.8 Å². The summed E-state index contributed by atoms with van der Waals surface area (Å²) >= 11 is 0. The number of aryl methyl sites for hydroxylation is 3. The Balaban J connectivity index is 1.66. The molecule has 0 saturated heterocycles. The van der Waals surface area contributed by atoms with Crippen LogP contribution in [-0.2, 0) is 22.4 Å². The molecule has 5 heteroatoms. The van der Waals surface area contributed by atoms with E-state index in [0.29, 0.717) is 17.0 Å². The normalized spacial score (nSPS) is 14.0. The third-order valence-electron chi connectivity index (χ3n) is 4.85. The van der Waals surface area contributed by atoms with Crippen molar-refractivity contribution < 1.29 is 19.1 Å². The molecule has 0 unspecified atom stereocenters. The van der Waals surface area contributed by atoms with E-state index in [1.807, 2.05) is 31.2 Å². The molecule has 2 aromatic rings. The highest BCUT2D eigenvalue weighted by Gasteiger charge is 2.21. The summed E-state index contributed by atoms with van der Waals surface area (Å²) in [5.74, 6) is -0.324. The second-order valence-electron chi connectivity index (χ2n) is 6.93. The lowest BCUT2D eigenvalue weighted by atomic mass is 9.90. The van der Waals surface area contributed by atoms with Crippen LogP contribution in [0.3, 0.4) is 0 Å². The number of ether oxygens (including phenoxy) is 2. The van der Waals surface area contributed by atoms with E-state index >= 15 is 0 Å². The number of carbonyl (C=O) groups is 2. The molecule has 142 valence electrons. The lowest BCUT2D eigenvalue weighted by Gasteiger charge is -2.18. The zero-order valence-electron chi connectivity index (χ0n) is 16.0. The zero-order valence-corrected chi connectivity index (χ0v) is 16.0. The van der Waals surface area contributed by atoms with Gasteiger partial charge in [0.05, 0.1) is 18.4 Å². The highest BCUT2D eigenvalue weighted by Crippen LogP contribution is 2.26. The van der Waals surface area contributed by atoms with Crippen molar-refractivity contribution in [2.45, 2.75) is 45.6 Å². The smallest absolute Gasteiger partial charge is 0.338 e. The Kier molecular flexibility index (Phi) is 5.79. The summed E-state index contributed by atoms with van der Waals surface area (Å²) in [6.07, 6.45) is 3.46. The molecule has 0 heterocycles. The monoisotopic (exact) mass is 367 g/mol. The van der Waals surface area contributed by atoms with Gasteiger partial charge in [0.15, 0.2) is 6.10 Å². The van der Waals surface area contributed by atoms with Gasteiger partial charge in [-0.3, -0.25) is 4.79 Å². The minimum absolute atomic E-state index is 0.398.